The number of aromatic nitrogens is 3. The Kier molecular flexibility index (Phi) is 7.74. The number of halogens is 1. The molecule has 1 saturated heterocycles. The summed E-state index contributed by atoms with van der Waals surface area (Å²) in [7, 11) is 0. The van der Waals surface area contributed by atoms with Crippen molar-refractivity contribution in [2.75, 3.05) is 13.2 Å². The second kappa shape index (κ2) is 11.5. The van der Waals surface area contributed by atoms with Crippen LogP contribution >= 0.6 is 0 Å². The first-order valence-electron chi connectivity index (χ1n) is 12.8. The predicted octanol–water partition coefficient (Wildman–Crippen LogP) is 3.94. The van der Waals surface area contributed by atoms with E-state index in [0.717, 1.165) is 29.5 Å². The molecule has 1 fully saturated rings. The molecule has 196 valence electrons. The van der Waals surface area contributed by atoms with E-state index in [4.69, 9.17) is 4.74 Å². The van der Waals surface area contributed by atoms with Crippen molar-refractivity contribution < 1.29 is 18.7 Å². The van der Waals surface area contributed by atoms with Gasteiger partial charge in [0.2, 0.25) is 11.8 Å². The van der Waals surface area contributed by atoms with Crippen molar-refractivity contribution >= 4 is 22.8 Å². The molecule has 1 aliphatic rings. The highest BCUT2D eigenvalue weighted by Gasteiger charge is 2.33. The van der Waals surface area contributed by atoms with Gasteiger partial charge in [0.05, 0.1) is 11.6 Å². The van der Waals surface area contributed by atoms with Crippen molar-refractivity contribution in [2.24, 2.45) is 0 Å². The van der Waals surface area contributed by atoms with Gasteiger partial charge in [-0.15, -0.1) is 5.10 Å². The van der Waals surface area contributed by atoms with Crippen molar-refractivity contribution in [1.29, 1.82) is 0 Å². The van der Waals surface area contributed by atoms with Gasteiger partial charge in [0.15, 0.2) is 0 Å². The lowest BCUT2D eigenvalue weighted by Gasteiger charge is -2.32. The van der Waals surface area contributed by atoms with Gasteiger partial charge < -0.3 is 15.0 Å². The highest BCUT2D eigenvalue weighted by Crippen LogP contribution is 2.27. The zero-order valence-corrected chi connectivity index (χ0v) is 21.2. The molecule has 38 heavy (non-hydrogen) atoms. The fourth-order valence-corrected chi connectivity index (χ4v) is 4.82. The molecule has 2 atom stereocenters. The van der Waals surface area contributed by atoms with E-state index >= 15 is 0 Å². The minimum atomic E-state index is -0.912. The van der Waals surface area contributed by atoms with E-state index in [1.165, 1.54) is 21.7 Å². The minimum Gasteiger partial charge on any atom is -0.376 e. The molecule has 1 N–H and O–H groups in total. The first-order valence-corrected chi connectivity index (χ1v) is 12.8. The van der Waals surface area contributed by atoms with Crippen LogP contribution in [0.5, 0.6) is 0 Å². The summed E-state index contributed by atoms with van der Waals surface area (Å²) in [6.45, 7) is 2.97. The number of nitrogens with zero attached hydrogens (tertiary/aromatic N) is 4. The largest absolute Gasteiger partial charge is 0.376 e. The van der Waals surface area contributed by atoms with Gasteiger partial charge in [-0.05, 0) is 60.7 Å². The van der Waals surface area contributed by atoms with Crippen molar-refractivity contribution in [3.63, 3.8) is 0 Å². The Morgan fingerprint density at radius 2 is 1.87 bits per heavy atom. The number of para-hydroxylation sites is 1. The topological polar surface area (TPSA) is 89.4 Å². The molecule has 0 unspecified atom stereocenters. The molecular weight excluding hydrogens is 485 g/mol. The lowest BCUT2D eigenvalue weighted by Crippen LogP contribution is -2.46. The SMILES string of the molecule is Cc1ccccc1[C@H](C(=O)NC[C@@H]1CCCO1)N(Cc1ccc(F)cc1)C(=O)Cn1nnc2ccccc21. The standard InChI is InChI=1S/C29H30FN5O3/c1-20-7-2-3-9-24(20)28(29(37)31-17-23-8-6-16-38-23)34(18-21-12-14-22(30)15-13-21)27(36)19-35-26-11-5-4-10-25(26)32-33-35/h2-5,7,9-15,23,28H,6,8,16-19H2,1H3,(H,31,37)/t23-,28+/m0/s1. The Morgan fingerprint density at radius 1 is 1.11 bits per heavy atom. The van der Waals surface area contributed by atoms with Gasteiger partial charge in [-0.3, -0.25) is 9.59 Å². The Labute approximate surface area is 220 Å². The monoisotopic (exact) mass is 515 g/mol. The summed E-state index contributed by atoms with van der Waals surface area (Å²) in [5.74, 6) is -0.982. The number of hydrogen-bond donors (Lipinski definition) is 1. The molecule has 0 saturated carbocycles. The van der Waals surface area contributed by atoms with Crippen molar-refractivity contribution in [3.8, 4) is 0 Å². The molecule has 0 spiro atoms. The Hall–Kier alpha value is -4.11. The fraction of sp³-hybridized carbons (Fsp3) is 0.310. The Bertz CT molecular complexity index is 1420. The molecular formula is C29H30FN5O3. The van der Waals surface area contributed by atoms with Crippen LogP contribution in [0.2, 0.25) is 0 Å². The molecule has 8 nitrogen and oxygen atoms in total. The molecule has 4 aromatic rings. The van der Waals surface area contributed by atoms with E-state index in [0.29, 0.717) is 24.2 Å². The molecule has 5 rings (SSSR count). The van der Waals surface area contributed by atoms with Gasteiger partial charge in [0.25, 0.3) is 0 Å². The molecule has 1 aromatic heterocycles. The smallest absolute Gasteiger partial charge is 0.247 e. The molecule has 3 aromatic carbocycles. The fourth-order valence-electron chi connectivity index (χ4n) is 4.82. The lowest BCUT2D eigenvalue weighted by atomic mass is 9.98. The number of amides is 2. The van der Waals surface area contributed by atoms with Crippen molar-refractivity contribution in [2.45, 2.75) is 45.0 Å². The van der Waals surface area contributed by atoms with Crippen LogP contribution in [0.4, 0.5) is 4.39 Å². The van der Waals surface area contributed by atoms with Crippen LogP contribution in [0.3, 0.4) is 0 Å². The maximum Gasteiger partial charge on any atom is 0.247 e. The van der Waals surface area contributed by atoms with E-state index in [1.807, 2.05) is 55.5 Å². The Morgan fingerprint density at radius 3 is 2.63 bits per heavy atom. The molecule has 1 aliphatic heterocycles. The van der Waals surface area contributed by atoms with E-state index in [1.54, 1.807) is 12.1 Å². The lowest BCUT2D eigenvalue weighted by molar-refractivity contribution is -0.142. The molecule has 9 heteroatoms. The van der Waals surface area contributed by atoms with Gasteiger partial charge >= 0.3 is 0 Å². The second-order valence-electron chi connectivity index (χ2n) is 9.52. The molecule has 0 aliphatic carbocycles. The summed E-state index contributed by atoms with van der Waals surface area (Å²) >= 11 is 0. The van der Waals surface area contributed by atoms with Crippen LogP contribution in [-0.4, -0.2) is 51.0 Å². The van der Waals surface area contributed by atoms with Crippen LogP contribution in [-0.2, 0) is 27.4 Å². The number of fused-ring (bicyclic) bond motifs is 1. The summed E-state index contributed by atoms with van der Waals surface area (Å²) in [4.78, 5) is 29.3. The summed E-state index contributed by atoms with van der Waals surface area (Å²) in [5, 5.41) is 11.3. The van der Waals surface area contributed by atoms with Gasteiger partial charge in [0.1, 0.15) is 23.9 Å². The van der Waals surface area contributed by atoms with Crippen molar-refractivity contribution in [1.82, 2.24) is 25.2 Å². The van der Waals surface area contributed by atoms with E-state index in [9.17, 15) is 14.0 Å². The van der Waals surface area contributed by atoms with Crippen LogP contribution < -0.4 is 5.32 Å². The highest BCUT2D eigenvalue weighted by atomic mass is 19.1. The summed E-state index contributed by atoms with van der Waals surface area (Å²) in [5.41, 5.74) is 3.70. The maximum atomic E-state index is 14.0. The zero-order chi connectivity index (χ0) is 26.5. The second-order valence-corrected chi connectivity index (χ2v) is 9.52. The third-order valence-electron chi connectivity index (χ3n) is 6.86. The van der Waals surface area contributed by atoms with Crippen molar-refractivity contribution in [3.05, 3.63) is 95.3 Å². The van der Waals surface area contributed by atoms with Crippen LogP contribution in [0.1, 0.15) is 35.6 Å². The average molecular weight is 516 g/mol. The first kappa shape index (κ1) is 25.5. The van der Waals surface area contributed by atoms with E-state index in [2.05, 4.69) is 15.6 Å². The van der Waals surface area contributed by atoms with Gasteiger partial charge in [0, 0.05) is 19.7 Å². The van der Waals surface area contributed by atoms with Gasteiger partial charge in [-0.1, -0.05) is 53.7 Å². The molecule has 2 amide bonds. The number of aryl methyl sites for hydroxylation is 1. The third-order valence-corrected chi connectivity index (χ3v) is 6.86. The van der Waals surface area contributed by atoms with Gasteiger partial charge in [-0.2, -0.15) is 0 Å². The summed E-state index contributed by atoms with van der Waals surface area (Å²) in [6, 6.07) is 20.0. The highest BCUT2D eigenvalue weighted by molar-refractivity contribution is 5.89. The van der Waals surface area contributed by atoms with Crippen LogP contribution in [0, 0.1) is 12.7 Å². The average Bonchev–Trinajstić information content (AvgIpc) is 3.60. The number of ether oxygens (including phenoxy) is 1. The molecule has 2 heterocycles. The Balaban J connectivity index is 1.50. The maximum absolute atomic E-state index is 14.0. The van der Waals surface area contributed by atoms with Gasteiger partial charge in [-0.25, -0.2) is 9.07 Å². The number of carbonyl (C=O) groups is 2. The summed E-state index contributed by atoms with van der Waals surface area (Å²) < 4.78 is 20.9. The molecule has 0 radical (unpaired) electrons. The molecule has 0 bridgehead atoms. The number of benzene rings is 3. The zero-order valence-electron chi connectivity index (χ0n) is 21.2. The quantitative estimate of drug-likeness (QED) is 0.365. The first-order chi connectivity index (χ1) is 18.5. The van der Waals surface area contributed by atoms with E-state index < -0.39 is 6.04 Å². The number of nitrogens with one attached hydrogen (secondary N) is 1. The predicted molar refractivity (Wildman–Crippen MR) is 140 cm³/mol. The van der Waals surface area contributed by atoms with Crippen LogP contribution in [0.15, 0.2) is 72.8 Å². The van der Waals surface area contributed by atoms with Crippen LogP contribution in [0.25, 0.3) is 11.0 Å². The normalized spacial score (nSPS) is 15.9. The number of carbonyl (C=O) groups excluding carboxylic acids is 2. The summed E-state index contributed by atoms with van der Waals surface area (Å²) in [6.07, 6.45) is 1.80. The number of hydrogen-bond acceptors (Lipinski definition) is 5. The third kappa shape index (κ3) is 5.73. The van der Waals surface area contributed by atoms with E-state index in [-0.39, 0.29) is 36.8 Å². The minimum absolute atomic E-state index is 0.0424. The number of rotatable bonds is 9.